The molecule has 3 nitrogen and oxygen atoms in total. The van der Waals surface area contributed by atoms with Gasteiger partial charge in [0.2, 0.25) is 0 Å². The molecule has 19 heavy (non-hydrogen) atoms. The smallest absolute Gasteiger partial charge is 0.156 e. The van der Waals surface area contributed by atoms with E-state index in [0.717, 1.165) is 17.5 Å². The van der Waals surface area contributed by atoms with E-state index in [9.17, 15) is 13.5 Å². The van der Waals surface area contributed by atoms with E-state index in [0.29, 0.717) is 23.4 Å². The number of aliphatic hydroxyl groups excluding tert-OH is 1. The lowest BCUT2D eigenvalue weighted by Gasteiger charge is -2.28. The topological polar surface area (TPSA) is 54.4 Å². The van der Waals surface area contributed by atoms with Gasteiger partial charge in [-0.25, -0.2) is 8.42 Å². The fourth-order valence-corrected chi connectivity index (χ4v) is 4.85. The lowest BCUT2D eigenvalue weighted by atomic mass is 9.96. The highest BCUT2D eigenvalue weighted by atomic mass is 35.5. The van der Waals surface area contributed by atoms with Crippen LogP contribution in [-0.2, 0) is 9.84 Å². The SMILES string of the molecule is Cc1cc(C(O)C2CCCCS2(=O)=O)c(C)cc1Cl. The fraction of sp³-hybridized carbons (Fsp3) is 0.571. The third kappa shape index (κ3) is 2.96. The van der Waals surface area contributed by atoms with Crippen LogP contribution in [0.4, 0.5) is 0 Å². The molecule has 0 aliphatic carbocycles. The maximum absolute atomic E-state index is 12.1. The van der Waals surface area contributed by atoms with Crippen molar-refractivity contribution in [1.29, 1.82) is 0 Å². The lowest BCUT2D eigenvalue weighted by Crippen LogP contribution is -2.34. The minimum absolute atomic E-state index is 0.181. The number of hydrogen-bond acceptors (Lipinski definition) is 3. The number of rotatable bonds is 2. The summed E-state index contributed by atoms with van der Waals surface area (Å²) in [7, 11) is -3.19. The Morgan fingerprint density at radius 2 is 1.95 bits per heavy atom. The van der Waals surface area contributed by atoms with Gasteiger partial charge in [-0.05, 0) is 49.4 Å². The second-order valence-electron chi connectivity index (χ2n) is 5.30. The van der Waals surface area contributed by atoms with Gasteiger partial charge in [-0.1, -0.05) is 24.1 Å². The molecule has 1 saturated heterocycles. The summed E-state index contributed by atoms with van der Waals surface area (Å²) >= 11 is 6.03. The van der Waals surface area contributed by atoms with Gasteiger partial charge in [-0.3, -0.25) is 0 Å². The van der Waals surface area contributed by atoms with E-state index in [1.165, 1.54) is 0 Å². The first-order chi connectivity index (χ1) is 8.83. The van der Waals surface area contributed by atoms with E-state index in [4.69, 9.17) is 11.6 Å². The zero-order valence-corrected chi connectivity index (χ0v) is 12.8. The van der Waals surface area contributed by atoms with Crippen molar-refractivity contribution in [3.63, 3.8) is 0 Å². The van der Waals surface area contributed by atoms with E-state index >= 15 is 0 Å². The van der Waals surface area contributed by atoms with Crippen molar-refractivity contribution >= 4 is 21.4 Å². The summed E-state index contributed by atoms with van der Waals surface area (Å²) in [6.07, 6.45) is 1.13. The Morgan fingerprint density at radius 1 is 1.26 bits per heavy atom. The van der Waals surface area contributed by atoms with Crippen molar-refractivity contribution < 1.29 is 13.5 Å². The highest BCUT2D eigenvalue weighted by Gasteiger charge is 2.36. The number of halogens is 1. The van der Waals surface area contributed by atoms with Gasteiger partial charge in [-0.2, -0.15) is 0 Å². The second-order valence-corrected chi connectivity index (χ2v) is 8.05. The van der Waals surface area contributed by atoms with Crippen LogP contribution in [0, 0.1) is 13.8 Å². The monoisotopic (exact) mass is 302 g/mol. The Morgan fingerprint density at radius 3 is 2.58 bits per heavy atom. The summed E-state index contributed by atoms with van der Waals surface area (Å²) < 4.78 is 24.1. The normalized spacial score (nSPS) is 24.1. The van der Waals surface area contributed by atoms with Gasteiger partial charge in [0.15, 0.2) is 9.84 Å². The van der Waals surface area contributed by atoms with Crippen LogP contribution in [0.15, 0.2) is 12.1 Å². The van der Waals surface area contributed by atoms with Crippen molar-refractivity contribution in [2.75, 3.05) is 5.75 Å². The molecule has 0 bridgehead atoms. The van der Waals surface area contributed by atoms with Crippen LogP contribution in [0.5, 0.6) is 0 Å². The van der Waals surface area contributed by atoms with Crippen LogP contribution in [0.25, 0.3) is 0 Å². The van der Waals surface area contributed by atoms with Gasteiger partial charge in [0.1, 0.15) is 0 Å². The first-order valence-corrected chi connectivity index (χ1v) is 8.58. The molecular formula is C14H19ClO3S. The van der Waals surface area contributed by atoms with Crippen LogP contribution in [0.1, 0.15) is 42.1 Å². The van der Waals surface area contributed by atoms with Gasteiger partial charge >= 0.3 is 0 Å². The van der Waals surface area contributed by atoms with Crippen LogP contribution in [-0.4, -0.2) is 24.5 Å². The maximum atomic E-state index is 12.1. The second kappa shape index (κ2) is 5.43. The van der Waals surface area contributed by atoms with Crippen LogP contribution in [0.2, 0.25) is 5.02 Å². The molecule has 1 aromatic carbocycles. The van der Waals surface area contributed by atoms with Gasteiger partial charge in [-0.15, -0.1) is 0 Å². The Hall–Kier alpha value is -0.580. The van der Waals surface area contributed by atoms with Crippen LogP contribution in [0.3, 0.4) is 0 Å². The number of benzene rings is 1. The van der Waals surface area contributed by atoms with Gasteiger partial charge in [0.05, 0.1) is 17.1 Å². The van der Waals surface area contributed by atoms with Crippen LogP contribution < -0.4 is 0 Å². The molecule has 1 heterocycles. The Kier molecular flexibility index (Phi) is 4.23. The average Bonchev–Trinajstić information content (AvgIpc) is 2.32. The third-order valence-electron chi connectivity index (χ3n) is 3.85. The van der Waals surface area contributed by atoms with E-state index in [2.05, 4.69) is 0 Å². The first kappa shape index (κ1) is 14.8. The Labute approximate surface area is 119 Å². The lowest BCUT2D eigenvalue weighted by molar-refractivity contribution is 0.163. The van der Waals surface area contributed by atoms with Crippen molar-refractivity contribution in [2.45, 2.75) is 44.5 Å². The minimum Gasteiger partial charge on any atom is -0.387 e. The molecule has 0 radical (unpaired) electrons. The summed E-state index contributed by atoms with van der Waals surface area (Å²) in [6, 6.07) is 3.58. The molecule has 1 aromatic rings. The predicted octanol–water partition coefficient (Wildman–Crippen LogP) is 2.96. The molecule has 2 unspecified atom stereocenters. The summed E-state index contributed by atoms with van der Waals surface area (Å²) in [5, 5.41) is 10.4. The largest absolute Gasteiger partial charge is 0.387 e. The molecule has 0 amide bonds. The summed E-state index contributed by atoms with van der Waals surface area (Å²) in [4.78, 5) is 0. The molecular weight excluding hydrogens is 284 g/mol. The minimum atomic E-state index is -3.19. The number of aliphatic hydroxyl groups is 1. The number of aryl methyl sites for hydroxylation is 2. The standard InChI is InChI=1S/C14H19ClO3S/c1-9-8-12(15)10(2)7-11(9)14(16)13-5-3-4-6-19(13,17)18/h7-8,13-14,16H,3-6H2,1-2H3. The summed E-state index contributed by atoms with van der Waals surface area (Å²) in [5.41, 5.74) is 2.37. The first-order valence-electron chi connectivity index (χ1n) is 6.49. The molecule has 0 spiro atoms. The quantitative estimate of drug-likeness (QED) is 0.914. The summed E-state index contributed by atoms with van der Waals surface area (Å²) in [6.45, 7) is 3.70. The highest BCUT2D eigenvalue weighted by molar-refractivity contribution is 7.92. The zero-order valence-electron chi connectivity index (χ0n) is 11.2. The molecule has 1 aliphatic heterocycles. The fourth-order valence-electron chi connectivity index (χ4n) is 2.66. The Balaban J connectivity index is 2.39. The third-order valence-corrected chi connectivity index (χ3v) is 6.53. The molecule has 0 saturated carbocycles. The molecule has 1 fully saturated rings. The molecule has 5 heteroatoms. The summed E-state index contributed by atoms with van der Waals surface area (Å²) in [5.74, 6) is 0.181. The van der Waals surface area contributed by atoms with Gasteiger partial charge in [0, 0.05) is 5.02 Å². The van der Waals surface area contributed by atoms with E-state index in [-0.39, 0.29) is 5.75 Å². The van der Waals surface area contributed by atoms with Crippen molar-refractivity contribution in [3.8, 4) is 0 Å². The molecule has 2 rings (SSSR count). The van der Waals surface area contributed by atoms with E-state index < -0.39 is 21.2 Å². The zero-order chi connectivity index (χ0) is 14.2. The Bertz CT molecular complexity index is 581. The maximum Gasteiger partial charge on any atom is 0.156 e. The van der Waals surface area contributed by atoms with Gasteiger partial charge in [0.25, 0.3) is 0 Å². The van der Waals surface area contributed by atoms with Gasteiger partial charge < -0.3 is 5.11 Å². The molecule has 2 atom stereocenters. The van der Waals surface area contributed by atoms with Crippen LogP contribution >= 0.6 is 11.6 Å². The van der Waals surface area contributed by atoms with Crippen molar-refractivity contribution in [2.24, 2.45) is 0 Å². The van der Waals surface area contributed by atoms with E-state index in [1.807, 2.05) is 13.8 Å². The van der Waals surface area contributed by atoms with Crippen molar-refractivity contribution in [3.05, 3.63) is 33.8 Å². The average molecular weight is 303 g/mol. The molecule has 1 N–H and O–H groups in total. The molecule has 106 valence electrons. The number of hydrogen-bond donors (Lipinski definition) is 1. The number of sulfone groups is 1. The van der Waals surface area contributed by atoms with E-state index in [1.54, 1.807) is 12.1 Å². The molecule has 0 aromatic heterocycles. The van der Waals surface area contributed by atoms with Crippen molar-refractivity contribution in [1.82, 2.24) is 0 Å². The predicted molar refractivity (Wildman–Crippen MR) is 77.3 cm³/mol. The highest BCUT2D eigenvalue weighted by Crippen LogP contribution is 2.33. The molecule has 1 aliphatic rings.